The third kappa shape index (κ3) is 2.82. The highest BCUT2D eigenvalue weighted by Crippen LogP contribution is 2.63. The van der Waals surface area contributed by atoms with Crippen LogP contribution >= 0.6 is 0 Å². The molecule has 0 amide bonds. The molecular weight excluding hydrogens is 336 g/mol. The van der Waals surface area contributed by atoms with E-state index >= 15 is 0 Å². The van der Waals surface area contributed by atoms with Gasteiger partial charge < -0.3 is 25.2 Å². The topological polar surface area (TPSA) is 107 Å². The molecule has 6 nitrogen and oxygen atoms in total. The first kappa shape index (κ1) is 19.8. The van der Waals surface area contributed by atoms with Gasteiger partial charge in [-0.25, -0.2) is 4.79 Å². The van der Waals surface area contributed by atoms with Crippen LogP contribution in [0.15, 0.2) is 11.6 Å². The van der Waals surface area contributed by atoms with E-state index in [0.29, 0.717) is 24.8 Å². The van der Waals surface area contributed by atoms with Crippen LogP contribution in [0.3, 0.4) is 0 Å². The molecule has 148 valence electrons. The third-order valence-corrected chi connectivity index (χ3v) is 7.67. The number of fused-ring (bicyclic) bond motifs is 1. The summed E-state index contributed by atoms with van der Waals surface area (Å²) in [4.78, 5) is 11.3. The van der Waals surface area contributed by atoms with E-state index in [1.807, 2.05) is 20.8 Å². The molecular formula is C20H32O6. The third-order valence-electron chi connectivity index (χ3n) is 7.67. The summed E-state index contributed by atoms with van der Waals surface area (Å²) in [5.74, 6) is -0.882. The molecule has 26 heavy (non-hydrogen) atoms. The van der Waals surface area contributed by atoms with E-state index in [1.165, 1.54) is 6.08 Å². The predicted octanol–water partition coefficient (Wildman–Crippen LogP) is 1.50. The van der Waals surface area contributed by atoms with E-state index in [4.69, 9.17) is 4.74 Å². The summed E-state index contributed by atoms with van der Waals surface area (Å²) in [7, 11) is 0. The lowest BCUT2D eigenvalue weighted by atomic mass is 9.43. The molecule has 0 aromatic heterocycles. The number of carbonyl (C=O) groups is 1. The summed E-state index contributed by atoms with van der Waals surface area (Å²) in [5, 5.41) is 42.5. The molecule has 3 aliphatic rings. The molecule has 0 unspecified atom stereocenters. The number of rotatable bonds is 4. The molecule has 1 aliphatic heterocycles. The number of aliphatic hydroxyl groups excluding tert-OH is 3. The second-order valence-corrected chi connectivity index (χ2v) is 9.20. The number of hydrogen-bond donors (Lipinski definition) is 4. The first-order valence-corrected chi connectivity index (χ1v) is 9.68. The molecule has 0 saturated heterocycles. The van der Waals surface area contributed by atoms with E-state index in [9.17, 15) is 25.2 Å². The molecule has 0 aromatic rings. The van der Waals surface area contributed by atoms with Crippen molar-refractivity contribution in [1.29, 1.82) is 0 Å². The fourth-order valence-electron chi connectivity index (χ4n) is 6.25. The van der Waals surface area contributed by atoms with E-state index in [2.05, 4.69) is 0 Å². The van der Waals surface area contributed by atoms with Crippen LogP contribution in [0.5, 0.6) is 0 Å². The smallest absolute Gasteiger partial charge is 0.333 e. The highest BCUT2D eigenvalue weighted by molar-refractivity contribution is 5.85. The molecule has 0 aromatic carbocycles. The number of cyclic esters (lactones) is 1. The Morgan fingerprint density at radius 2 is 1.96 bits per heavy atom. The molecule has 2 aliphatic carbocycles. The van der Waals surface area contributed by atoms with E-state index in [1.54, 1.807) is 0 Å². The lowest BCUT2D eigenvalue weighted by Gasteiger charge is -2.64. The Morgan fingerprint density at radius 1 is 1.27 bits per heavy atom. The van der Waals surface area contributed by atoms with Crippen molar-refractivity contribution in [1.82, 2.24) is 0 Å². The Labute approximate surface area is 154 Å². The molecule has 0 radical (unpaired) electrons. The second-order valence-electron chi connectivity index (χ2n) is 9.20. The average Bonchev–Trinajstić information content (AvgIpc) is 2.88. The fourth-order valence-corrected chi connectivity index (χ4v) is 6.25. The fraction of sp³-hybridized carbons (Fsp3) is 0.850. The van der Waals surface area contributed by atoms with Gasteiger partial charge >= 0.3 is 5.97 Å². The monoisotopic (exact) mass is 368 g/mol. The van der Waals surface area contributed by atoms with E-state index in [-0.39, 0.29) is 18.4 Å². The minimum absolute atomic E-state index is 0.0129. The number of ether oxygens (including phenoxy) is 1. The molecule has 6 heteroatoms. The summed E-state index contributed by atoms with van der Waals surface area (Å²) in [6.07, 6.45) is 3.23. The van der Waals surface area contributed by atoms with Crippen molar-refractivity contribution in [3.8, 4) is 0 Å². The zero-order valence-corrected chi connectivity index (χ0v) is 15.9. The van der Waals surface area contributed by atoms with Crippen LogP contribution in [0, 0.1) is 22.7 Å². The van der Waals surface area contributed by atoms with E-state index in [0.717, 1.165) is 19.3 Å². The number of esters is 1. The van der Waals surface area contributed by atoms with Gasteiger partial charge in [0.05, 0.1) is 11.7 Å². The number of hydrogen-bond acceptors (Lipinski definition) is 6. The van der Waals surface area contributed by atoms with Crippen LogP contribution < -0.4 is 0 Å². The van der Waals surface area contributed by atoms with E-state index < -0.39 is 34.8 Å². The Kier molecular flexibility index (Phi) is 5.02. The van der Waals surface area contributed by atoms with Gasteiger partial charge in [-0.3, -0.25) is 0 Å². The van der Waals surface area contributed by atoms with Crippen molar-refractivity contribution in [2.75, 3.05) is 6.61 Å². The van der Waals surface area contributed by atoms with Gasteiger partial charge in [0, 0.05) is 29.6 Å². The van der Waals surface area contributed by atoms with Gasteiger partial charge in [-0.1, -0.05) is 27.2 Å². The standard InChI is InChI=1S/C20H32O6/c1-12-9-14(22)16-18(2,11-21)6-4-7-19(16,3)20(12,25)8-5-13-10-15(23)26-17(13)24/h10,12,14,16-17,21-22,24-25H,4-9,11H2,1-3H3/t12-,14-,16-,17-,18-,19-,20-/m1/s1. The van der Waals surface area contributed by atoms with Crippen molar-refractivity contribution in [2.45, 2.75) is 77.3 Å². The van der Waals surface area contributed by atoms with Crippen molar-refractivity contribution in [3.05, 3.63) is 11.6 Å². The molecule has 0 bridgehead atoms. The maximum atomic E-state index is 11.8. The lowest BCUT2D eigenvalue weighted by Crippen LogP contribution is -2.67. The summed E-state index contributed by atoms with van der Waals surface area (Å²) in [5.41, 5.74) is -1.54. The van der Waals surface area contributed by atoms with Crippen LogP contribution in [0.4, 0.5) is 0 Å². The summed E-state index contributed by atoms with van der Waals surface area (Å²) >= 11 is 0. The first-order valence-electron chi connectivity index (χ1n) is 9.68. The van der Waals surface area contributed by atoms with Gasteiger partial charge in [0.15, 0.2) is 0 Å². The SMILES string of the molecule is C[C@@H]1C[C@@H](O)[C@@H]2[C@@](C)(CO)CCC[C@@]2(C)[C@@]1(O)CCC1=CC(=O)O[C@H]1O. The Bertz CT molecular complexity index is 603. The number of carbonyl (C=O) groups excluding carboxylic acids is 1. The van der Waals surface area contributed by atoms with Crippen molar-refractivity contribution in [3.63, 3.8) is 0 Å². The molecule has 2 saturated carbocycles. The highest BCUT2D eigenvalue weighted by atomic mass is 16.6. The molecule has 7 atom stereocenters. The van der Waals surface area contributed by atoms with Crippen LogP contribution in [-0.2, 0) is 9.53 Å². The second kappa shape index (κ2) is 6.59. The summed E-state index contributed by atoms with van der Waals surface area (Å²) < 4.78 is 4.74. The summed E-state index contributed by atoms with van der Waals surface area (Å²) in [6, 6.07) is 0. The molecule has 4 N–H and O–H groups in total. The quantitative estimate of drug-likeness (QED) is 0.560. The van der Waals surface area contributed by atoms with Crippen LogP contribution in [-0.4, -0.2) is 51.0 Å². The zero-order chi connectivity index (χ0) is 19.3. The predicted molar refractivity (Wildman–Crippen MR) is 94.8 cm³/mol. The van der Waals surface area contributed by atoms with Gasteiger partial charge in [-0.15, -0.1) is 0 Å². The van der Waals surface area contributed by atoms with Crippen molar-refractivity contribution >= 4 is 5.97 Å². The molecule has 2 fully saturated rings. The van der Waals surface area contributed by atoms with Gasteiger partial charge in [0.1, 0.15) is 0 Å². The molecule has 0 spiro atoms. The normalized spacial score (nSPS) is 48.7. The summed E-state index contributed by atoms with van der Waals surface area (Å²) in [6.45, 7) is 5.98. The zero-order valence-electron chi connectivity index (χ0n) is 15.9. The lowest BCUT2D eigenvalue weighted by molar-refractivity contribution is -0.251. The number of aliphatic hydroxyl groups is 4. The van der Waals surface area contributed by atoms with Crippen LogP contribution in [0.25, 0.3) is 0 Å². The highest BCUT2D eigenvalue weighted by Gasteiger charge is 2.64. The van der Waals surface area contributed by atoms with Gasteiger partial charge in [0.2, 0.25) is 6.29 Å². The average molecular weight is 368 g/mol. The van der Waals surface area contributed by atoms with Crippen molar-refractivity contribution in [2.24, 2.45) is 22.7 Å². The Hall–Kier alpha value is -0.950. The van der Waals surface area contributed by atoms with Gasteiger partial charge in [-0.2, -0.15) is 0 Å². The minimum Gasteiger partial charge on any atom is -0.429 e. The first-order chi connectivity index (χ1) is 12.1. The van der Waals surface area contributed by atoms with Crippen molar-refractivity contribution < 1.29 is 30.0 Å². The molecule has 1 heterocycles. The van der Waals surface area contributed by atoms with Crippen LogP contribution in [0.1, 0.15) is 59.3 Å². The van der Waals surface area contributed by atoms with Gasteiger partial charge in [0.25, 0.3) is 0 Å². The largest absolute Gasteiger partial charge is 0.429 e. The van der Waals surface area contributed by atoms with Crippen LogP contribution in [0.2, 0.25) is 0 Å². The van der Waals surface area contributed by atoms with Gasteiger partial charge in [-0.05, 0) is 43.4 Å². The maximum absolute atomic E-state index is 11.8. The Morgan fingerprint density at radius 3 is 2.54 bits per heavy atom. The Balaban J connectivity index is 1.91. The maximum Gasteiger partial charge on any atom is 0.333 e. The molecule has 3 rings (SSSR count). The minimum atomic E-state index is -1.23.